The van der Waals surface area contributed by atoms with Gasteiger partial charge in [0, 0.05) is 18.2 Å². The number of amides is 1. The molecule has 2 aromatic carbocycles. The van der Waals surface area contributed by atoms with Crippen molar-refractivity contribution >= 4 is 27.3 Å². The molecule has 0 aromatic heterocycles. The van der Waals surface area contributed by atoms with Crippen molar-refractivity contribution in [1.82, 2.24) is 0 Å². The fourth-order valence-electron chi connectivity index (χ4n) is 3.15. The van der Waals surface area contributed by atoms with Crippen molar-refractivity contribution in [1.29, 1.82) is 0 Å². The largest absolute Gasteiger partial charge is 0.326 e. The fraction of sp³-hybridized carbons (Fsp3) is 0.350. The smallest absolute Gasteiger partial charge is 0.235 e. The highest BCUT2D eigenvalue weighted by atomic mass is 32.2. The zero-order valence-electron chi connectivity index (χ0n) is 15.2. The summed E-state index contributed by atoms with van der Waals surface area (Å²) in [5.41, 5.74) is 2.01. The Balaban J connectivity index is 1.68. The Morgan fingerprint density at radius 2 is 1.93 bits per heavy atom. The maximum atomic E-state index is 13.0. The van der Waals surface area contributed by atoms with Gasteiger partial charge >= 0.3 is 0 Å². The van der Waals surface area contributed by atoms with Crippen molar-refractivity contribution in [3.63, 3.8) is 0 Å². The summed E-state index contributed by atoms with van der Waals surface area (Å²) < 4.78 is 38.9. The number of hydrogen-bond acceptors (Lipinski definition) is 3. The van der Waals surface area contributed by atoms with Gasteiger partial charge in [0.05, 0.1) is 11.4 Å². The molecule has 1 heterocycles. The first kappa shape index (κ1) is 19.4. The first-order chi connectivity index (χ1) is 12.8. The lowest BCUT2D eigenvalue weighted by Gasteiger charge is -2.28. The fourth-order valence-corrected chi connectivity index (χ4v) is 4.78. The van der Waals surface area contributed by atoms with Crippen LogP contribution in [0.1, 0.15) is 25.3 Å². The van der Waals surface area contributed by atoms with Gasteiger partial charge in [0.1, 0.15) is 5.82 Å². The van der Waals surface area contributed by atoms with E-state index in [0.717, 1.165) is 12.0 Å². The van der Waals surface area contributed by atoms with Gasteiger partial charge in [0.2, 0.25) is 15.9 Å². The molecule has 0 bridgehead atoms. The molecule has 7 heteroatoms. The molecule has 0 radical (unpaired) electrons. The third kappa shape index (κ3) is 4.86. The molecule has 1 unspecified atom stereocenters. The Kier molecular flexibility index (Phi) is 5.79. The molecule has 5 nitrogen and oxygen atoms in total. The Bertz CT molecular complexity index is 913. The lowest BCUT2D eigenvalue weighted by Crippen LogP contribution is -2.37. The van der Waals surface area contributed by atoms with Gasteiger partial charge in [-0.3, -0.25) is 9.10 Å². The first-order valence-electron chi connectivity index (χ1n) is 9.01. The van der Waals surface area contributed by atoms with Gasteiger partial charge in [0.15, 0.2) is 0 Å². The summed E-state index contributed by atoms with van der Waals surface area (Å²) in [4.78, 5) is 12.5. The van der Waals surface area contributed by atoms with Crippen LogP contribution in [0.3, 0.4) is 0 Å². The molecule has 1 atom stereocenters. The van der Waals surface area contributed by atoms with E-state index in [0.29, 0.717) is 30.8 Å². The van der Waals surface area contributed by atoms with Crippen LogP contribution >= 0.6 is 0 Å². The normalized spacial score (nSPS) is 17.3. The highest BCUT2D eigenvalue weighted by Crippen LogP contribution is 2.26. The minimum atomic E-state index is -3.29. The van der Waals surface area contributed by atoms with E-state index in [9.17, 15) is 17.6 Å². The Hall–Kier alpha value is -2.41. The molecule has 1 fully saturated rings. The van der Waals surface area contributed by atoms with Crippen LogP contribution in [0.2, 0.25) is 0 Å². The van der Waals surface area contributed by atoms with Gasteiger partial charge < -0.3 is 5.32 Å². The monoisotopic (exact) mass is 390 g/mol. The summed E-state index contributed by atoms with van der Waals surface area (Å²) in [6.45, 7) is 2.26. The van der Waals surface area contributed by atoms with Gasteiger partial charge in [-0.15, -0.1) is 0 Å². The number of nitrogens with zero attached hydrogens (tertiary/aromatic N) is 1. The first-order valence-corrected chi connectivity index (χ1v) is 10.6. The third-order valence-electron chi connectivity index (χ3n) is 4.65. The molecule has 0 aliphatic carbocycles. The second-order valence-corrected chi connectivity index (χ2v) is 8.88. The molecule has 1 N–H and O–H groups in total. The summed E-state index contributed by atoms with van der Waals surface area (Å²) >= 11 is 0. The number of anilines is 2. The standard InChI is InChI=1S/C20H23FN2O3S/c1-15(13-16-7-9-17(21)10-8-16)20(24)22-18-5-4-6-19(14-18)23-11-2-3-12-27(23,25)26/h4-10,14-15H,2-3,11-13H2,1H3,(H,22,24). The zero-order chi connectivity index (χ0) is 19.4. The average molecular weight is 390 g/mol. The molecule has 144 valence electrons. The molecule has 1 saturated heterocycles. The molecule has 27 heavy (non-hydrogen) atoms. The maximum absolute atomic E-state index is 13.0. The summed E-state index contributed by atoms with van der Waals surface area (Å²) in [6, 6.07) is 13.0. The molecule has 1 aliphatic heterocycles. The molecule has 1 aliphatic rings. The lowest BCUT2D eigenvalue weighted by atomic mass is 10.0. The molecular weight excluding hydrogens is 367 g/mol. The van der Waals surface area contributed by atoms with Crippen LogP contribution in [0, 0.1) is 11.7 Å². The van der Waals surface area contributed by atoms with Crippen molar-refractivity contribution < 1.29 is 17.6 Å². The van der Waals surface area contributed by atoms with Crippen LogP contribution in [0.5, 0.6) is 0 Å². The van der Waals surface area contributed by atoms with Crippen molar-refractivity contribution in [3.8, 4) is 0 Å². The SMILES string of the molecule is CC(Cc1ccc(F)cc1)C(=O)Nc1cccc(N2CCCCS2(=O)=O)c1. The number of carbonyl (C=O) groups excluding carboxylic acids is 1. The summed E-state index contributed by atoms with van der Waals surface area (Å²) in [6.07, 6.45) is 1.99. The maximum Gasteiger partial charge on any atom is 0.235 e. The molecule has 0 saturated carbocycles. The van der Waals surface area contributed by atoms with Crippen LogP contribution in [0.25, 0.3) is 0 Å². The van der Waals surface area contributed by atoms with E-state index in [2.05, 4.69) is 5.32 Å². The van der Waals surface area contributed by atoms with Crippen LogP contribution in [0.4, 0.5) is 15.8 Å². The van der Waals surface area contributed by atoms with Crippen LogP contribution in [-0.2, 0) is 21.2 Å². The number of nitrogens with one attached hydrogen (secondary N) is 1. The van der Waals surface area contributed by atoms with Crippen LogP contribution < -0.4 is 9.62 Å². The second kappa shape index (κ2) is 8.08. The van der Waals surface area contributed by atoms with Crippen molar-refractivity contribution in [2.24, 2.45) is 5.92 Å². The number of benzene rings is 2. The Morgan fingerprint density at radius 3 is 2.63 bits per heavy atom. The predicted molar refractivity (Wildman–Crippen MR) is 105 cm³/mol. The van der Waals surface area contributed by atoms with E-state index < -0.39 is 10.0 Å². The molecular formula is C20H23FN2O3S. The second-order valence-electron chi connectivity index (χ2n) is 6.87. The topological polar surface area (TPSA) is 66.5 Å². The molecule has 0 spiro atoms. The van der Waals surface area contributed by atoms with Gasteiger partial charge in [-0.1, -0.05) is 25.1 Å². The van der Waals surface area contributed by atoms with Gasteiger partial charge in [-0.05, 0) is 55.2 Å². The third-order valence-corrected chi connectivity index (χ3v) is 6.52. The number of carbonyl (C=O) groups is 1. The van der Waals surface area contributed by atoms with Gasteiger partial charge in [-0.25, -0.2) is 12.8 Å². The molecule has 2 aromatic rings. The summed E-state index contributed by atoms with van der Waals surface area (Å²) in [7, 11) is -3.29. The number of rotatable bonds is 5. The quantitative estimate of drug-likeness (QED) is 0.849. The highest BCUT2D eigenvalue weighted by molar-refractivity contribution is 7.92. The van der Waals surface area contributed by atoms with E-state index in [-0.39, 0.29) is 23.4 Å². The number of hydrogen-bond donors (Lipinski definition) is 1. The van der Waals surface area contributed by atoms with Crippen molar-refractivity contribution in [3.05, 3.63) is 59.9 Å². The van der Waals surface area contributed by atoms with Crippen LogP contribution in [0.15, 0.2) is 48.5 Å². The van der Waals surface area contributed by atoms with Gasteiger partial charge in [-0.2, -0.15) is 0 Å². The van der Waals surface area contributed by atoms with Crippen molar-refractivity contribution in [2.75, 3.05) is 21.9 Å². The summed E-state index contributed by atoms with van der Waals surface area (Å²) in [5.74, 6) is -0.630. The van der Waals surface area contributed by atoms with Gasteiger partial charge in [0.25, 0.3) is 0 Å². The number of halogens is 1. The van der Waals surface area contributed by atoms with E-state index in [1.165, 1.54) is 16.4 Å². The van der Waals surface area contributed by atoms with E-state index in [4.69, 9.17) is 0 Å². The van der Waals surface area contributed by atoms with Crippen molar-refractivity contribution in [2.45, 2.75) is 26.2 Å². The Morgan fingerprint density at radius 1 is 1.19 bits per heavy atom. The molecule has 1 amide bonds. The minimum Gasteiger partial charge on any atom is -0.326 e. The van der Waals surface area contributed by atoms with Crippen LogP contribution in [-0.4, -0.2) is 26.6 Å². The highest BCUT2D eigenvalue weighted by Gasteiger charge is 2.26. The minimum absolute atomic E-state index is 0.151. The summed E-state index contributed by atoms with van der Waals surface area (Å²) in [5, 5.41) is 2.85. The van der Waals surface area contributed by atoms with E-state index in [1.807, 2.05) is 0 Å². The zero-order valence-corrected chi connectivity index (χ0v) is 16.0. The predicted octanol–water partition coefficient (Wildman–Crippen LogP) is 3.57. The van der Waals surface area contributed by atoms with E-state index in [1.54, 1.807) is 43.3 Å². The van der Waals surface area contributed by atoms with E-state index >= 15 is 0 Å². The Labute approximate surface area is 159 Å². The average Bonchev–Trinajstić information content (AvgIpc) is 2.63. The molecule has 3 rings (SSSR count). The number of sulfonamides is 1. The lowest BCUT2D eigenvalue weighted by molar-refractivity contribution is -0.119.